The molecule has 0 rings (SSSR count). The molecule has 5 N–H and O–H groups in total. The van der Waals surface area contributed by atoms with Gasteiger partial charge in [0.1, 0.15) is 0 Å². The number of carbonyl (C=O) groups excluding carboxylic acids is 1. The van der Waals surface area contributed by atoms with Crippen molar-refractivity contribution in [3.8, 4) is 0 Å². The van der Waals surface area contributed by atoms with Crippen LogP contribution >= 0.6 is 0 Å². The van der Waals surface area contributed by atoms with Gasteiger partial charge in [0.2, 0.25) is 0 Å². The molecule has 0 aliphatic carbocycles. The highest BCUT2D eigenvalue weighted by Crippen LogP contribution is 2.01. The molecule has 0 aliphatic rings. The maximum absolute atomic E-state index is 10.5. The van der Waals surface area contributed by atoms with E-state index >= 15 is 0 Å². The molecular formula is C6H15N2O+. The zero-order chi connectivity index (χ0) is 7.44. The molecule has 3 heteroatoms. The van der Waals surface area contributed by atoms with Crippen LogP contribution in [0.4, 0.5) is 0 Å². The van der Waals surface area contributed by atoms with Crippen LogP contribution in [0.5, 0.6) is 0 Å². The van der Waals surface area contributed by atoms with Crippen LogP contribution in [0.15, 0.2) is 0 Å². The van der Waals surface area contributed by atoms with Crippen LogP contribution in [0.25, 0.3) is 0 Å². The number of hydrogen-bond acceptors (Lipinski definition) is 1. The first-order chi connectivity index (χ1) is 4.09. The van der Waals surface area contributed by atoms with Gasteiger partial charge < -0.3 is 11.5 Å². The normalized spacial score (nSPS) is 16.8. The van der Waals surface area contributed by atoms with Gasteiger partial charge in [0.25, 0.3) is 5.91 Å². The average Bonchev–Trinajstić information content (AvgIpc) is 1.84. The average molecular weight is 131 g/mol. The van der Waals surface area contributed by atoms with Gasteiger partial charge >= 0.3 is 0 Å². The lowest BCUT2D eigenvalue weighted by molar-refractivity contribution is -0.414. The summed E-state index contributed by atoms with van der Waals surface area (Å²) < 4.78 is 0. The Labute approximate surface area is 55.4 Å². The molecule has 9 heavy (non-hydrogen) atoms. The van der Waals surface area contributed by atoms with Crippen molar-refractivity contribution in [3.05, 3.63) is 0 Å². The van der Waals surface area contributed by atoms with Gasteiger partial charge in [0.15, 0.2) is 6.04 Å². The highest BCUT2D eigenvalue weighted by atomic mass is 16.1. The zero-order valence-corrected chi connectivity index (χ0v) is 6.05. The molecule has 0 aromatic heterocycles. The van der Waals surface area contributed by atoms with Crippen LogP contribution in [-0.2, 0) is 4.79 Å². The molecule has 0 radical (unpaired) electrons. The number of quaternary nitrogens is 1. The number of nitrogens with two attached hydrogens (primary N) is 1. The molecule has 0 aromatic carbocycles. The first kappa shape index (κ1) is 8.43. The van der Waals surface area contributed by atoms with E-state index in [0.29, 0.717) is 5.92 Å². The molecule has 0 saturated heterocycles. The minimum atomic E-state index is -0.302. The summed E-state index contributed by atoms with van der Waals surface area (Å²) in [4.78, 5) is 10.5. The predicted octanol–water partition coefficient (Wildman–Crippen LogP) is -0.872. The van der Waals surface area contributed by atoms with Crippen molar-refractivity contribution in [2.75, 3.05) is 0 Å². The van der Waals surface area contributed by atoms with Crippen molar-refractivity contribution >= 4 is 5.91 Å². The SMILES string of the molecule is CC[C@@H](C)[C@H]([NH3+])C(N)=O. The Morgan fingerprint density at radius 2 is 2.22 bits per heavy atom. The minimum absolute atomic E-state index is 0.227. The van der Waals surface area contributed by atoms with E-state index in [-0.39, 0.29) is 11.9 Å². The molecule has 0 spiro atoms. The zero-order valence-electron chi connectivity index (χ0n) is 6.05. The van der Waals surface area contributed by atoms with Crippen LogP contribution in [0.1, 0.15) is 20.3 Å². The fraction of sp³-hybridized carbons (Fsp3) is 0.833. The highest BCUT2D eigenvalue weighted by molar-refractivity contribution is 5.78. The summed E-state index contributed by atoms with van der Waals surface area (Å²) in [5, 5.41) is 0. The van der Waals surface area contributed by atoms with Gasteiger partial charge in [0.05, 0.1) is 0 Å². The van der Waals surface area contributed by atoms with Crippen molar-refractivity contribution in [2.45, 2.75) is 26.3 Å². The summed E-state index contributed by atoms with van der Waals surface area (Å²) in [6.07, 6.45) is 0.955. The van der Waals surface area contributed by atoms with Gasteiger partial charge in [-0.2, -0.15) is 0 Å². The van der Waals surface area contributed by atoms with E-state index in [9.17, 15) is 4.79 Å². The Kier molecular flexibility index (Phi) is 3.24. The van der Waals surface area contributed by atoms with Crippen molar-refractivity contribution in [1.82, 2.24) is 0 Å². The third-order valence-electron chi connectivity index (χ3n) is 1.70. The molecule has 1 amide bonds. The summed E-state index contributed by atoms with van der Waals surface area (Å²) in [5.74, 6) is 0.00634. The quantitative estimate of drug-likeness (QED) is 0.513. The van der Waals surface area contributed by atoms with Crippen LogP contribution < -0.4 is 11.5 Å². The van der Waals surface area contributed by atoms with Gasteiger partial charge in [-0.1, -0.05) is 13.8 Å². The summed E-state index contributed by atoms with van der Waals surface area (Å²) >= 11 is 0. The molecular weight excluding hydrogens is 116 g/mol. The van der Waals surface area contributed by atoms with Gasteiger partial charge in [-0.05, 0) is 6.42 Å². The largest absolute Gasteiger partial charge is 0.365 e. The molecule has 0 saturated carbocycles. The van der Waals surface area contributed by atoms with Crippen LogP contribution in [0.3, 0.4) is 0 Å². The van der Waals surface area contributed by atoms with E-state index in [1.165, 1.54) is 0 Å². The third-order valence-corrected chi connectivity index (χ3v) is 1.70. The van der Waals surface area contributed by atoms with Crippen molar-refractivity contribution < 1.29 is 10.5 Å². The lowest BCUT2D eigenvalue weighted by Crippen LogP contribution is -2.69. The second-order valence-electron chi connectivity index (χ2n) is 2.39. The first-order valence-corrected chi connectivity index (χ1v) is 3.22. The Morgan fingerprint density at radius 3 is 2.33 bits per heavy atom. The van der Waals surface area contributed by atoms with Gasteiger partial charge in [-0.25, -0.2) is 0 Å². The number of rotatable bonds is 3. The predicted molar refractivity (Wildman–Crippen MR) is 35.3 cm³/mol. The molecule has 0 heterocycles. The molecule has 0 bridgehead atoms. The van der Waals surface area contributed by atoms with E-state index in [0.717, 1.165) is 6.42 Å². The van der Waals surface area contributed by atoms with E-state index in [1.807, 2.05) is 13.8 Å². The Bertz CT molecular complexity index is 103. The standard InChI is InChI=1S/C6H14N2O/c1-3-4(2)5(7)6(8)9/h4-5H,3,7H2,1-2H3,(H2,8,9)/p+1/t4-,5+/m1/s1. The Hall–Kier alpha value is -0.570. The number of carbonyl (C=O) groups is 1. The van der Waals surface area contributed by atoms with E-state index < -0.39 is 0 Å². The molecule has 2 atom stereocenters. The van der Waals surface area contributed by atoms with Gasteiger partial charge in [-0.3, -0.25) is 4.79 Å². The second kappa shape index (κ2) is 3.45. The molecule has 0 aliphatic heterocycles. The van der Waals surface area contributed by atoms with Crippen LogP contribution in [0.2, 0.25) is 0 Å². The maximum atomic E-state index is 10.5. The highest BCUT2D eigenvalue weighted by Gasteiger charge is 2.19. The molecule has 0 fully saturated rings. The minimum Gasteiger partial charge on any atom is -0.365 e. The first-order valence-electron chi connectivity index (χ1n) is 3.22. The molecule has 3 nitrogen and oxygen atoms in total. The lowest BCUT2D eigenvalue weighted by Gasteiger charge is -2.09. The van der Waals surface area contributed by atoms with Crippen molar-refractivity contribution in [2.24, 2.45) is 11.7 Å². The number of amides is 1. The maximum Gasteiger partial charge on any atom is 0.275 e. The van der Waals surface area contributed by atoms with Gasteiger partial charge in [0, 0.05) is 5.92 Å². The van der Waals surface area contributed by atoms with Gasteiger partial charge in [-0.15, -0.1) is 0 Å². The summed E-state index contributed by atoms with van der Waals surface area (Å²) in [7, 11) is 0. The topological polar surface area (TPSA) is 70.7 Å². The van der Waals surface area contributed by atoms with E-state index in [2.05, 4.69) is 5.73 Å². The Balaban J connectivity index is 3.72. The van der Waals surface area contributed by atoms with E-state index in [1.54, 1.807) is 0 Å². The lowest BCUT2D eigenvalue weighted by atomic mass is 10.00. The summed E-state index contributed by atoms with van der Waals surface area (Å²) in [5.41, 5.74) is 8.64. The molecule has 0 unspecified atom stereocenters. The van der Waals surface area contributed by atoms with Crippen molar-refractivity contribution in [1.29, 1.82) is 0 Å². The summed E-state index contributed by atoms with van der Waals surface area (Å²) in [6, 6.07) is -0.227. The third kappa shape index (κ3) is 2.46. The van der Waals surface area contributed by atoms with Crippen LogP contribution in [0, 0.1) is 5.92 Å². The fourth-order valence-electron chi connectivity index (χ4n) is 0.565. The van der Waals surface area contributed by atoms with Crippen molar-refractivity contribution in [3.63, 3.8) is 0 Å². The Morgan fingerprint density at radius 1 is 1.78 bits per heavy atom. The molecule has 54 valence electrons. The summed E-state index contributed by atoms with van der Waals surface area (Å²) in [6.45, 7) is 3.99. The van der Waals surface area contributed by atoms with Crippen LogP contribution in [-0.4, -0.2) is 11.9 Å². The smallest absolute Gasteiger partial charge is 0.275 e. The molecule has 0 aromatic rings. The number of hydrogen-bond donors (Lipinski definition) is 2. The monoisotopic (exact) mass is 131 g/mol. The number of primary amides is 1. The van der Waals surface area contributed by atoms with E-state index in [4.69, 9.17) is 5.73 Å². The fourth-order valence-corrected chi connectivity index (χ4v) is 0.565. The second-order valence-corrected chi connectivity index (χ2v) is 2.39.